The highest BCUT2D eigenvalue weighted by Gasteiger charge is 2.28. The highest BCUT2D eigenvalue weighted by molar-refractivity contribution is 5.97. The average Bonchev–Trinajstić information content (AvgIpc) is 3.29. The summed E-state index contributed by atoms with van der Waals surface area (Å²) in [4.78, 5) is 46.5. The second kappa shape index (κ2) is 11.1. The van der Waals surface area contributed by atoms with Gasteiger partial charge < -0.3 is 29.5 Å². The number of hydrogen-bond donors (Lipinski definition) is 1. The number of benzene rings is 1. The van der Waals surface area contributed by atoms with Gasteiger partial charge in [-0.15, -0.1) is 0 Å². The van der Waals surface area contributed by atoms with Crippen LogP contribution in [0.5, 0.6) is 11.6 Å². The third-order valence-electron chi connectivity index (χ3n) is 8.14. The van der Waals surface area contributed by atoms with Crippen LogP contribution >= 0.6 is 0 Å². The maximum atomic E-state index is 13.6. The van der Waals surface area contributed by atoms with Gasteiger partial charge in [0.25, 0.3) is 11.5 Å². The molecule has 0 atom stereocenters. The first-order valence-electron chi connectivity index (χ1n) is 14.5. The molecule has 13 nitrogen and oxygen atoms in total. The van der Waals surface area contributed by atoms with Crippen LogP contribution in [0.2, 0.25) is 0 Å². The van der Waals surface area contributed by atoms with Gasteiger partial charge in [-0.3, -0.25) is 9.59 Å². The number of anilines is 4. The van der Waals surface area contributed by atoms with Gasteiger partial charge in [0.15, 0.2) is 12.3 Å². The summed E-state index contributed by atoms with van der Waals surface area (Å²) in [6, 6.07) is 7.73. The second-order valence-corrected chi connectivity index (χ2v) is 10.9. The molecule has 0 aliphatic carbocycles. The van der Waals surface area contributed by atoms with Crippen LogP contribution in [0.4, 0.5) is 23.0 Å². The Bertz CT molecular complexity index is 1790. The predicted molar refractivity (Wildman–Crippen MR) is 163 cm³/mol. The number of amides is 1. The molecule has 0 radical (unpaired) electrons. The van der Waals surface area contributed by atoms with E-state index >= 15 is 0 Å². The van der Waals surface area contributed by atoms with Crippen molar-refractivity contribution in [2.75, 3.05) is 68.6 Å². The molecule has 1 fully saturated rings. The van der Waals surface area contributed by atoms with E-state index in [2.05, 4.69) is 32.1 Å². The Labute approximate surface area is 247 Å². The molecule has 1 amide bonds. The predicted octanol–water partition coefficient (Wildman–Crippen LogP) is 2.56. The van der Waals surface area contributed by atoms with E-state index in [9.17, 15) is 9.59 Å². The number of allylic oxidation sites excluding steroid dienone is 2. The SMILES string of the molecule is COc1ccc(Nc2ncc3c(=O)n4n(c3n2)-c2cnc3c(c2)N(CCC/C=C\C4)C(=O)CO3)cc1N1CCN(C)CC1. The number of aromatic nitrogens is 5. The van der Waals surface area contributed by atoms with E-state index in [1.807, 2.05) is 36.4 Å². The van der Waals surface area contributed by atoms with Crippen molar-refractivity contribution >= 4 is 40.0 Å². The highest BCUT2D eigenvalue weighted by atomic mass is 16.5. The Kier molecular flexibility index (Phi) is 6.93. The maximum Gasteiger partial charge on any atom is 0.278 e. The third-order valence-corrected chi connectivity index (χ3v) is 8.14. The van der Waals surface area contributed by atoms with E-state index in [1.165, 1.54) is 0 Å². The summed E-state index contributed by atoms with van der Waals surface area (Å²) in [7, 11) is 3.81. The number of hydrogen-bond acceptors (Lipinski definition) is 10. The first-order valence-corrected chi connectivity index (χ1v) is 14.5. The van der Waals surface area contributed by atoms with Gasteiger partial charge in [-0.1, -0.05) is 12.2 Å². The van der Waals surface area contributed by atoms with Gasteiger partial charge in [0.1, 0.15) is 16.8 Å². The van der Waals surface area contributed by atoms with Crippen LogP contribution in [0.15, 0.2) is 53.6 Å². The maximum absolute atomic E-state index is 13.6. The number of likely N-dealkylation sites (N-methyl/N-ethyl adjacent to an activating group) is 1. The van der Waals surface area contributed by atoms with Crippen LogP contribution < -0.4 is 30.1 Å². The van der Waals surface area contributed by atoms with Gasteiger partial charge >= 0.3 is 0 Å². The molecule has 0 saturated carbocycles. The van der Waals surface area contributed by atoms with E-state index in [1.54, 1.807) is 33.8 Å². The van der Waals surface area contributed by atoms with Crippen LogP contribution in [0.1, 0.15) is 12.8 Å². The van der Waals surface area contributed by atoms with Gasteiger partial charge in [-0.25, -0.2) is 19.3 Å². The summed E-state index contributed by atoms with van der Waals surface area (Å²) in [5, 5.41) is 3.70. The lowest BCUT2D eigenvalue weighted by Crippen LogP contribution is -2.44. The van der Waals surface area contributed by atoms with Crippen molar-refractivity contribution in [1.82, 2.24) is 29.2 Å². The fourth-order valence-corrected chi connectivity index (χ4v) is 5.80. The number of fused-ring (bicyclic) bond motifs is 5. The van der Waals surface area contributed by atoms with Gasteiger partial charge in [0.05, 0.1) is 31.2 Å². The number of methoxy groups -OCH3 is 1. The molecule has 3 aliphatic heterocycles. The summed E-state index contributed by atoms with van der Waals surface area (Å²) in [5.41, 5.74) is 3.19. The summed E-state index contributed by atoms with van der Waals surface area (Å²) >= 11 is 0. The number of nitrogens with zero attached hydrogens (tertiary/aromatic N) is 8. The largest absolute Gasteiger partial charge is 0.495 e. The number of carbonyl (C=O) groups excluding carboxylic acids is 1. The number of pyridine rings is 1. The molecule has 4 aromatic rings. The quantitative estimate of drug-likeness (QED) is 0.359. The second-order valence-electron chi connectivity index (χ2n) is 10.9. The van der Waals surface area contributed by atoms with E-state index in [4.69, 9.17) is 14.5 Å². The fourth-order valence-electron chi connectivity index (χ4n) is 5.80. The zero-order valence-electron chi connectivity index (χ0n) is 24.2. The van der Waals surface area contributed by atoms with Crippen molar-refractivity contribution in [2.24, 2.45) is 0 Å². The Hall–Kier alpha value is -4.91. The van der Waals surface area contributed by atoms with E-state index < -0.39 is 0 Å². The molecule has 13 heteroatoms. The molecule has 0 spiro atoms. The molecular weight excluding hydrogens is 550 g/mol. The zero-order valence-corrected chi connectivity index (χ0v) is 24.2. The van der Waals surface area contributed by atoms with Crippen molar-refractivity contribution in [3.63, 3.8) is 0 Å². The van der Waals surface area contributed by atoms with Crippen molar-refractivity contribution in [2.45, 2.75) is 19.4 Å². The average molecular weight is 584 g/mol. The minimum Gasteiger partial charge on any atom is -0.495 e. The molecular formula is C30H33N9O4. The van der Waals surface area contributed by atoms with Gasteiger partial charge in [-0.2, -0.15) is 4.98 Å². The summed E-state index contributed by atoms with van der Waals surface area (Å²) < 4.78 is 14.6. The lowest BCUT2D eigenvalue weighted by molar-refractivity contribution is -0.121. The van der Waals surface area contributed by atoms with Crippen molar-refractivity contribution in [1.29, 1.82) is 0 Å². The standard InChI is InChI=1S/C30H33N9O4/c1-35-11-13-36(14-12-35)23-15-20(7-8-25(23)42-2)33-30-32-18-22-27(34-30)39-21-16-24-28(31-17-21)43-19-26(40)37(24)9-5-3-4-6-10-38(39)29(22)41/h4,6-8,15-18H,3,5,9-14,19H2,1-2H3,(H,32,33,34)/b6-4-. The molecule has 1 saturated heterocycles. The minimum atomic E-state index is -0.216. The van der Waals surface area contributed by atoms with Crippen molar-refractivity contribution in [3.05, 3.63) is 59.2 Å². The lowest BCUT2D eigenvalue weighted by atomic mass is 10.2. The zero-order chi connectivity index (χ0) is 29.5. The topological polar surface area (TPSA) is 123 Å². The van der Waals surface area contributed by atoms with Crippen LogP contribution in [-0.4, -0.2) is 88.6 Å². The van der Waals surface area contributed by atoms with Gasteiger partial charge in [0.2, 0.25) is 11.8 Å². The molecule has 3 aromatic heterocycles. The number of piperazine rings is 1. The van der Waals surface area contributed by atoms with E-state index in [0.29, 0.717) is 47.3 Å². The fraction of sp³-hybridized carbons (Fsp3) is 0.367. The molecule has 2 bridgehead atoms. The molecule has 43 heavy (non-hydrogen) atoms. The molecule has 1 aromatic carbocycles. The number of rotatable bonds is 4. The monoisotopic (exact) mass is 583 g/mol. The molecule has 1 N–H and O–H groups in total. The van der Waals surface area contributed by atoms with Crippen LogP contribution in [-0.2, 0) is 11.3 Å². The summed E-state index contributed by atoms with van der Waals surface area (Å²) in [5.74, 6) is 1.42. The van der Waals surface area contributed by atoms with E-state index in [-0.39, 0.29) is 18.1 Å². The Morgan fingerprint density at radius 1 is 0.977 bits per heavy atom. The number of nitrogens with one attached hydrogen (secondary N) is 1. The highest BCUT2D eigenvalue weighted by Crippen LogP contribution is 2.34. The first-order chi connectivity index (χ1) is 21.0. The molecule has 0 unspecified atom stereocenters. The number of ether oxygens (including phenoxy) is 2. The van der Waals surface area contributed by atoms with Crippen LogP contribution in [0.3, 0.4) is 0 Å². The molecule has 222 valence electrons. The molecule has 7 rings (SSSR count). The first kappa shape index (κ1) is 27.0. The smallest absolute Gasteiger partial charge is 0.278 e. The summed E-state index contributed by atoms with van der Waals surface area (Å²) in [6.45, 7) is 4.60. The Morgan fingerprint density at radius 3 is 2.67 bits per heavy atom. The van der Waals surface area contributed by atoms with E-state index in [0.717, 1.165) is 56.1 Å². The molecule has 3 aliphatic rings. The summed E-state index contributed by atoms with van der Waals surface area (Å²) in [6.07, 6.45) is 8.75. The van der Waals surface area contributed by atoms with Crippen LogP contribution in [0, 0.1) is 0 Å². The normalized spacial score (nSPS) is 18.0. The van der Waals surface area contributed by atoms with Crippen molar-refractivity contribution in [3.8, 4) is 17.3 Å². The van der Waals surface area contributed by atoms with Crippen molar-refractivity contribution < 1.29 is 14.3 Å². The minimum absolute atomic E-state index is 0.0452. The molecule has 6 heterocycles. The third kappa shape index (κ3) is 4.95. The Balaban J connectivity index is 1.30. The van der Waals surface area contributed by atoms with Gasteiger partial charge in [-0.05, 0) is 44.2 Å². The lowest BCUT2D eigenvalue weighted by Gasteiger charge is -2.34. The van der Waals surface area contributed by atoms with Gasteiger partial charge in [0, 0.05) is 44.6 Å². The van der Waals surface area contributed by atoms with Crippen LogP contribution in [0.25, 0.3) is 16.7 Å². The Morgan fingerprint density at radius 2 is 1.84 bits per heavy atom. The number of carbonyl (C=O) groups is 1.